The van der Waals surface area contributed by atoms with Crippen LogP contribution in [-0.2, 0) is 14.3 Å². The molecule has 2 aromatic rings. The Morgan fingerprint density at radius 3 is 2.39 bits per heavy atom. The highest BCUT2D eigenvalue weighted by molar-refractivity contribution is 7.14. The fraction of sp³-hybridized carbons (Fsp3) is 0.300. The summed E-state index contributed by atoms with van der Waals surface area (Å²) < 4.78 is 4.81. The third-order valence-corrected chi connectivity index (χ3v) is 4.86. The number of imide groups is 1. The first kappa shape index (κ1) is 21.3. The predicted molar refractivity (Wildman–Crippen MR) is 107 cm³/mol. The van der Waals surface area contributed by atoms with Crippen molar-refractivity contribution in [1.29, 1.82) is 0 Å². The highest BCUT2D eigenvalue weighted by atomic mass is 32.1. The minimum Gasteiger partial charge on any atom is -0.456 e. The zero-order valence-electron chi connectivity index (χ0n) is 16.0. The molecule has 0 radical (unpaired) electrons. The number of carbonyl (C=O) groups excluding carboxylic acids is 4. The Morgan fingerprint density at radius 2 is 1.75 bits per heavy atom. The van der Waals surface area contributed by atoms with E-state index in [0.717, 1.165) is 16.0 Å². The number of benzene rings is 1. The summed E-state index contributed by atoms with van der Waals surface area (Å²) in [5.41, 5.74) is 2.49. The first-order valence-electron chi connectivity index (χ1n) is 8.68. The highest BCUT2D eigenvalue weighted by Crippen LogP contribution is 2.18. The molecule has 2 rings (SSSR count). The highest BCUT2D eigenvalue weighted by Gasteiger charge is 2.14. The largest absolute Gasteiger partial charge is 0.456 e. The van der Waals surface area contributed by atoms with Gasteiger partial charge in [-0.15, -0.1) is 11.3 Å². The number of ketones is 1. The fourth-order valence-corrected chi connectivity index (χ4v) is 3.25. The van der Waals surface area contributed by atoms with E-state index in [0.29, 0.717) is 10.6 Å². The zero-order valence-corrected chi connectivity index (χ0v) is 16.8. The van der Waals surface area contributed by atoms with E-state index in [-0.39, 0.29) is 18.6 Å². The van der Waals surface area contributed by atoms with Gasteiger partial charge in [0.15, 0.2) is 12.4 Å². The first-order valence-corrected chi connectivity index (χ1v) is 9.49. The smallest absolute Gasteiger partial charge is 0.325 e. The number of nitrogens with one attached hydrogen (secondary N) is 2. The number of aryl methyl sites for hydroxylation is 3. The van der Waals surface area contributed by atoms with Crippen molar-refractivity contribution in [2.24, 2.45) is 0 Å². The first-order chi connectivity index (χ1) is 13.2. The molecule has 7 nitrogen and oxygen atoms in total. The Kier molecular flexibility index (Phi) is 7.45. The summed E-state index contributed by atoms with van der Waals surface area (Å²) in [4.78, 5) is 48.8. The van der Waals surface area contributed by atoms with Gasteiger partial charge >= 0.3 is 12.0 Å². The number of Topliss-reactive ketones (excluding diaryl/α,β-unsaturated/α-hetero) is 1. The number of rotatable bonds is 7. The van der Waals surface area contributed by atoms with Gasteiger partial charge in [0.1, 0.15) is 0 Å². The minimum atomic E-state index is -0.754. The van der Waals surface area contributed by atoms with E-state index < -0.39 is 24.5 Å². The summed E-state index contributed by atoms with van der Waals surface area (Å²) in [6.45, 7) is 5.07. The van der Waals surface area contributed by atoms with Crippen molar-refractivity contribution in [3.05, 3.63) is 51.2 Å². The average Bonchev–Trinajstić information content (AvgIpc) is 3.06. The Balaban J connectivity index is 1.70. The van der Waals surface area contributed by atoms with Crippen LogP contribution in [0.2, 0.25) is 0 Å². The van der Waals surface area contributed by atoms with Crippen molar-refractivity contribution in [2.45, 2.75) is 33.6 Å². The van der Waals surface area contributed by atoms with Crippen molar-refractivity contribution < 1.29 is 23.9 Å². The van der Waals surface area contributed by atoms with Crippen LogP contribution in [0.3, 0.4) is 0 Å². The molecule has 1 aromatic heterocycles. The Bertz CT molecular complexity index is 904. The lowest BCUT2D eigenvalue weighted by Gasteiger charge is -2.10. The average molecular weight is 402 g/mol. The van der Waals surface area contributed by atoms with Crippen LogP contribution in [0.4, 0.5) is 10.5 Å². The molecule has 0 spiro atoms. The standard InChI is InChI=1S/C20H22N2O5S/c1-12-4-6-15(13(2)10-12)21-20(26)22-18(24)11-27-19(25)9-7-16(23)17-8-5-14(3)28-17/h4-6,8,10H,7,9,11H2,1-3H3,(H2,21,22,24,26). The number of urea groups is 1. The van der Waals surface area contributed by atoms with Gasteiger partial charge in [-0.25, -0.2) is 4.79 Å². The van der Waals surface area contributed by atoms with Gasteiger partial charge in [-0.05, 0) is 44.5 Å². The quantitative estimate of drug-likeness (QED) is 0.545. The number of carbonyl (C=O) groups is 4. The molecule has 8 heteroatoms. The van der Waals surface area contributed by atoms with Crippen molar-refractivity contribution in [2.75, 3.05) is 11.9 Å². The van der Waals surface area contributed by atoms with Gasteiger partial charge in [-0.3, -0.25) is 19.7 Å². The molecule has 0 aliphatic heterocycles. The van der Waals surface area contributed by atoms with Crippen molar-refractivity contribution in [3.63, 3.8) is 0 Å². The van der Waals surface area contributed by atoms with Gasteiger partial charge < -0.3 is 10.1 Å². The zero-order chi connectivity index (χ0) is 20.7. The topological polar surface area (TPSA) is 102 Å². The van der Waals surface area contributed by atoms with Crippen LogP contribution in [0, 0.1) is 20.8 Å². The number of amides is 3. The molecule has 0 saturated carbocycles. The lowest BCUT2D eigenvalue weighted by molar-refractivity contribution is -0.148. The summed E-state index contributed by atoms with van der Waals surface area (Å²) in [6.07, 6.45) is -0.120. The second-order valence-corrected chi connectivity index (χ2v) is 7.60. The lowest BCUT2D eigenvalue weighted by Crippen LogP contribution is -2.37. The lowest BCUT2D eigenvalue weighted by atomic mass is 10.1. The molecule has 0 fully saturated rings. The number of hydrogen-bond acceptors (Lipinski definition) is 6. The van der Waals surface area contributed by atoms with Crippen molar-refractivity contribution in [3.8, 4) is 0 Å². The number of anilines is 1. The molecule has 2 N–H and O–H groups in total. The van der Waals surface area contributed by atoms with E-state index in [2.05, 4.69) is 10.6 Å². The SMILES string of the molecule is Cc1ccc(NC(=O)NC(=O)COC(=O)CCC(=O)c2ccc(C)s2)c(C)c1. The molecule has 3 amide bonds. The molecule has 1 aromatic carbocycles. The van der Waals surface area contributed by atoms with Gasteiger partial charge in [0.2, 0.25) is 0 Å². The second-order valence-electron chi connectivity index (χ2n) is 6.31. The van der Waals surface area contributed by atoms with E-state index in [4.69, 9.17) is 4.74 Å². The summed E-state index contributed by atoms with van der Waals surface area (Å²) >= 11 is 1.36. The van der Waals surface area contributed by atoms with Crippen LogP contribution in [0.5, 0.6) is 0 Å². The van der Waals surface area contributed by atoms with Gasteiger partial charge in [-0.2, -0.15) is 0 Å². The third-order valence-electron chi connectivity index (χ3n) is 3.82. The Morgan fingerprint density at radius 1 is 1.00 bits per heavy atom. The predicted octanol–water partition coefficient (Wildman–Crippen LogP) is 3.53. The van der Waals surface area contributed by atoms with Crippen LogP contribution in [0.15, 0.2) is 30.3 Å². The monoisotopic (exact) mass is 402 g/mol. The molecule has 0 aliphatic rings. The van der Waals surface area contributed by atoms with Crippen LogP contribution in [-0.4, -0.2) is 30.3 Å². The third kappa shape index (κ3) is 6.62. The maximum Gasteiger partial charge on any atom is 0.325 e. The number of esters is 1. The molecular weight excluding hydrogens is 380 g/mol. The molecule has 148 valence electrons. The molecule has 0 bridgehead atoms. The van der Waals surface area contributed by atoms with E-state index in [1.54, 1.807) is 12.1 Å². The van der Waals surface area contributed by atoms with Crippen LogP contribution < -0.4 is 10.6 Å². The van der Waals surface area contributed by atoms with Crippen LogP contribution in [0.25, 0.3) is 0 Å². The van der Waals surface area contributed by atoms with E-state index >= 15 is 0 Å². The summed E-state index contributed by atoms with van der Waals surface area (Å²) in [7, 11) is 0. The van der Waals surface area contributed by atoms with E-state index in [9.17, 15) is 19.2 Å². The molecular formula is C20H22N2O5S. The van der Waals surface area contributed by atoms with Gasteiger partial charge in [-0.1, -0.05) is 17.7 Å². The van der Waals surface area contributed by atoms with Crippen molar-refractivity contribution in [1.82, 2.24) is 5.32 Å². The normalized spacial score (nSPS) is 10.2. The number of ether oxygens (including phenoxy) is 1. The Hall–Kier alpha value is -3.00. The molecule has 0 saturated heterocycles. The van der Waals surface area contributed by atoms with Crippen LogP contribution >= 0.6 is 11.3 Å². The molecule has 28 heavy (non-hydrogen) atoms. The van der Waals surface area contributed by atoms with E-state index in [1.165, 1.54) is 11.3 Å². The van der Waals surface area contributed by atoms with Gasteiger partial charge in [0.25, 0.3) is 5.91 Å². The van der Waals surface area contributed by atoms with E-state index in [1.807, 2.05) is 39.0 Å². The minimum absolute atomic E-state index is 0.00753. The molecule has 0 unspecified atom stereocenters. The second kappa shape index (κ2) is 9.80. The van der Waals surface area contributed by atoms with Crippen molar-refractivity contribution >= 4 is 40.7 Å². The molecule has 0 aliphatic carbocycles. The maximum atomic E-state index is 11.9. The summed E-state index contributed by atoms with van der Waals surface area (Å²) in [6, 6.07) is 8.32. The number of thiophene rings is 1. The van der Waals surface area contributed by atoms with Gasteiger partial charge in [0, 0.05) is 17.0 Å². The van der Waals surface area contributed by atoms with Crippen LogP contribution in [0.1, 0.15) is 38.5 Å². The maximum absolute atomic E-state index is 11.9. The fourth-order valence-electron chi connectivity index (χ4n) is 2.41. The number of hydrogen-bond donors (Lipinski definition) is 2. The van der Waals surface area contributed by atoms with Gasteiger partial charge in [0.05, 0.1) is 11.3 Å². The summed E-state index contributed by atoms with van der Waals surface area (Å²) in [5, 5.41) is 4.65. The molecule has 1 heterocycles. The summed E-state index contributed by atoms with van der Waals surface area (Å²) in [5.74, 6) is -1.57. The Labute approximate surface area is 167 Å². The molecule has 0 atom stereocenters.